The van der Waals surface area contributed by atoms with Crippen LogP contribution in [0.4, 0.5) is 19.7 Å². The van der Waals surface area contributed by atoms with Crippen LogP contribution in [-0.4, -0.2) is 86.8 Å². The molecule has 178 valence electrons. The van der Waals surface area contributed by atoms with Crippen LogP contribution in [0.2, 0.25) is 0 Å². The van der Waals surface area contributed by atoms with E-state index in [0.717, 1.165) is 56.7 Å². The van der Waals surface area contributed by atoms with Crippen LogP contribution in [0.25, 0.3) is 0 Å². The number of halogens is 1. The van der Waals surface area contributed by atoms with Gasteiger partial charge in [-0.15, -0.1) is 5.92 Å². The van der Waals surface area contributed by atoms with Crippen LogP contribution in [0.5, 0.6) is 0 Å². The molecule has 3 heterocycles. The van der Waals surface area contributed by atoms with E-state index in [0.29, 0.717) is 19.0 Å². The van der Waals surface area contributed by atoms with E-state index in [1.807, 2.05) is 0 Å². The minimum absolute atomic E-state index is 0.0648. The number of ether oxygens (including phenoxy) is 1. The van der Waals surface area contributed by atoms with Crippen LogP contribution in [-0.2, 0) is 10.2 Å². The fourth-order valence-corrected chi connectivity index (χ4v) is 5.42. The van der Waals surface area contributed by atoms with E-state index in [1.54, 1.807) is 47.9 Å². The summed E-state index contributed by atoms with van der Waals surface area (Å²) in [5.41, 5.74) is 1.59. The van der Waals surface area contributed by atoms with Gasteiger partial charge in [0.1, 0.15) is 5.82 Å². The van der Waals surface area contributed by atoms with Crippen LogP contribution in [0.1, 0.15) is 31.7 Å². The molecule has 3 aliphatic heterocycles. The number of anilines is 1. The Bertz CT molecular complexity index is 962. The minimum atomic E-state index is -0.284. The van der Waals surface area contributed by atoms with Crippen molar-refractivity contribution >= 4 is 17.8 Å². The Balaban J connectivity index is 1.36. The van der Waals surface area contributed by atoms with Gasteiger partial charge >= 0.3 is 12.1 Å². The average Bonchev–Trinajstić information content (AvgIpc) is 3.38. The monoisotopic (exact) mass is 456 g/mol. The first-order valence-corrected chi connectivity index (χ1v) is 11.7. The number of hydrogen-bond donors (Lipinski definition) is 0. The fraction of sp³-hybridized carbons (Fsp3) is 0.600. The molecule has 0 aromatic heterocycles. The minimum Gasteiger partial charge on any atom is -0.436 e. The largest absolute Gasteiger partial charge is 0.436 e. The van der Waals surface area contributed by atoms with Gasteiger partial charge in [-0.1, -0.05) is 5.92 Å². The zero-order chi connectivity index (χ0) is 23.6. The summed E-state index contributed by atoms with van der Waals surface area (Å²) in [5, 5.41) is 0. The molecule has 0 unspecified atom stereocenters. The van der Waals surface area contributed by atoms with E-state index in [1.165, 1.54) is 6.07 Å². The summed E-state index contributed by atoms with van der Waals surface area (Å²) >= 11 is 0. The Morgan fingerprint density at radius 1 is 1.24 bits per heavy atom. The van der Waals surface area contributed by atoms with Gasteiger partial charge in [0.2, 0.25) is 0 Å². The molecule has 2 fully saturated rings. The van der Waals surface area contributed by atoms with Gasteiger partial charge in [0, 0.05) is 51.4 Å². The number of carbonyl (C=O) groups is 2. The summed E-state index contributed by atoms with van der Waals surface area (Å²) in [6.45, 7) is 6.61. The van der Waals surface area contributed by atoms with E-state index in [-0.39, 0.29) is 30.0 Å². The summed E-state index contributed by atoms with van der Waals surface area (Å²) in [7, 11) is 3.49. The zero-order valence-corrected chi connectivity index (χ0v) is 19.8. The molecular formula is C25H33FN4O3. The van der Waals surface area contributed by atoms with Crippen molar-refractivity contribution in [2.75, 3.05) is 64.9 Å². The molecule has 1 aromatic rings. The number of carbonyl (C=O) groups excluding carboxylic acids is 2. The van der Waals surface area contributed by atoms with Crippen molar-refractivity contribution in [1.29, 1.82) is 0 Å². The van der Waals surface area contributed by atoms with Crippen molar-refractivity contribution in [2.24, 2.45) is 5.92 Å². The standard InChI is InChI=1S/C25H33FN4O3/c1-4-5-14-33-24(32)29-11-8-19(17-29)16-28-12-9-25(10-13-28)18-30(23(31)27(2)3)22-7-6-20(26)15-21(22)25/h6-7,15,19H,8-14,16-18H2,1-3H3/t19-/m1/s1. The number of likely N-dealkylation sites (tertiary alicyclic amines) is 2. The van der Waals surface area contributed by atoms with Crippen molar-refractivity contribution in [1.82, 2.24) is 14.7 Å². The Morgan fingerprint density at radius 3 is 2.70 bits per heavy atom. The number of urea groups is 1. The molecule has 2 saturated heterocycles. The van der Waals surface area contributed by atoms with Crippen LogP contribution >= 0.6 is 0 Å². The third-order valence-corrected chi connectivity index (χ3v) is 7.21. The molecule has 0 saturated carbocycles. The lowest BCUT2D eigenvalue weighted by molar-refractivity contribution is 0.117. The van der Waals surface area contributed by atoms with E-state index in [9.17, 15) is 14.0 Å². The van der Waals surface area contributed by atoms with Gasteiger partial charge in [0.15, 0.2) is 6.61 Å². The number of piperidine rings is 1. The van der Waals surface area contributed by atoms with Gasteiger partial charge in [-0.25, -0.2) is 14.0 Å². The molecule has 0 bridgehead atoms. The summed E-state index contributed by atoms with van der Waals surface area (Å²) in [6.07, 6.45) is 2.45. The lowest BCUT2D eigenvalue weighted by Gasteiger charge is -2.40. The summed E-state index contributed by atoms with van der Waals surface area (Å²) in [4.78, 5) is 32.5. The average molecular weight is 457 g/mol. The second-order valence-electron chi connectivity index (χ2n) is 9.59. The SMILES string of the molecule is CC#CCOC(=O)N1CC[C@H](CN2CCC3(CC2)CN(C(=O)N(C)C)c2ccc(F)cc23)C1. The van der Waals surface area contributed by atoms with Gasteiger partial charge in [0.25, 0.3) is 0 Å². The van der Waals surface area contributed by atoms with Crippen LogP contribution in [0.3, 0.4) is 0 Å². The highest BCUT2D eigenvalue weighted by Gasteiger charge is 2.47. The van der Waals surface area contributed by atoms with E-state index < -0.39 is 0 Å². The third kappa shape index (κ3) is 4.79. The van der Waals surface area contributed by atoms with Crippen molar-refractivity contribution in [3.8, 4) is 11.8 Å². The number of nitrogens with zero attached hydrogens (tertiary/aromatic N) is 4. The first-order chi connectivity index (χ1) is 15.8. The highest BCUT2D eigenvalue weighted by Crippen LogP contribution is 2.47. The molecular weight excluding hydrogens is 423 g/mol. The molecule has 33 heavy (non-hydrogen) atoms. The molecule has 0 radical (unpaired) electrons. The van der Waals surface area contributed by atoms with E-state index >= 15 is 0 Å². The summed E-state index contributed by atoms with van der Waals surface area (Å²) in [6, 6.07) is 4.74. The van der Waals surface area contributed by atoms with Gasteiger partial charge in [-0.05, 0) is 69.0 Å². The van der Waals surface area contributed by atoms with Crippen molar-refractivity contribution < 1.29 is 18.7 Å². The van der Waals surface area contributed by atoms with Gasteiger partial charge in [-0.2, -0.15) is 0 Å². The van der Waals surface area contributed by atoms with Crippen molar-refractivity contribution in [3.63, 3.8) is 0 Å². The Morgan fingerprint density at radius 2 is 2.00 bits per heavy atom. The van der Waals surface area contributed by atoms with Gasteiger partial charge in [0.05, 0.1) is 0 Å². The first-order valence-electron chi connectivity index (χ1n) is 11.7. The highest BCUT2D eigenvalue weighted by atomic mass is 19.1. The molecule has 1 atom stereocenters. The van der Waals surface area contributed by atoms with Crippen LogP contribution in [0.15, 0.2) is 18.2 Å². The van der Waals surface area contributed by atoms with Gasteiger partial charge in [-0.3, -0.25) is 4.90 Å². The molecule has 3 amide bonds. The van der Waals surface area contributed by atoms with Gasteiger partial charge < -0.3 is 19.4 Å². The second kappa shape index (κ2) is 9.60. The molecule has 4 rings (SSSR count). The molecule has 7 nitrogen and oxygen atoms in total. The Hall–Kier alpha value is -2.79. The predicted octanol–water partition coefficient (Wildman–Crippen LogP) is 3.14. The van der Waals surface area contributed by atoms with E-state index in [2.05, 4.69) is 16.7 Å². The lowest BCUT2D eigenvalue weighted by Crippen LogP contribution is -2.48. The first kappa shape index (κ1) is 23.4. The number of fused-ring (bicyclic) bond motifs is 2. The molecule has 0 aliphatic carbocycles. The maximum atomic E-state index is 14.2. The van der Waals surface area contributed by atoms with Crippen LogP contribution in [0, 0.1) is 23.6 Å². The smallest absolute Gasteiger partial charge is 0.410 e. The number of rotatable bonds is 3. The maximum Gasteiger partial charge on any atom is 0.410 e. The maximum absolute atomic E-state index is 14.2. The van der Waals surface area contributed by atoms with Crippen molar-refractivity contribution in [2.45, 2.75) is 31.6 Å². The molecule has 8 heteroatoms. The fourth-order valence-electron chi connectivity index (χ4n) is 5.42. The lowest BCUT2D eigenvalue weighted by atomic mass is 9.74. The topological polar surface area (TPSA) is 56.3 Å². The Labute approximate surface area is 195 Å². The summed E-state index contributed by atoms with van der Waals surface area (Å²) < 4.78 is 19.4. The highest BCUT2D eigenvalue weighted by molar-refractivity contribution is 5.95. The summed E-state index contributed by atoms with van der Waals surface area (Å²) in [5.74, 6) is 5.64. The predicted molar refractivity (Wildman–Crippen MR) is 125 cm³/mol. The second-order valence-corrected chi connectivity index (χ2v) is 9.59. The molecule has 3 aliphatic rings. The number of amides is 3. The Kier molecular flexibility index (Phi) is 6.80. The molecule has 0 N–H and O–H groups in total. The van der Waals surface area contributed by atoms with E-state index in [4.69, 9.17) is 4.74 Å². The number of hydrogen-bond acceptors (Lipinski definition) is 4. The molecule has 1 spiro atoms. The third-order valence-electron chi connectivity index (χ3n) is 7.21. The normalized spacial score (nSPS) is 21.5. The van der Waals surface area contributed by atoms with Crippen LogP contribution < -0.4 is 4.90 Å². The number of benzene rings is 1. The zero-order valence-electron chi connectivity index (χ0n) is 19.8. The van der Waals surface area contributed by atoms with Crippen molar-refractivity contribution in [3.05, 3.63) is 29.6 Å². The molecule has 1 aromatic carbocycles. The quantitative estimate of drug-likeness (QED) is 0.656.